The van der Waals surface area contributed by atoms with Crippen LogP contribution in [0.1, 0.15) is 6.92 Å². The first-order valence-electron chi connectivity index (χ1n) is 3.78. The molecular weight excluding hydrogens is 212 g/mol. The summed E-state index contributed by atoms with van der Waals surface area (Å²) in [6, 6.07) is 0. The fourth-order valence-electron chi connectivity index (χ4n) is 0. The molecule has 0 aromatic heterocycles. The van der Waals surface area contributed by atoms with Crippen molar-refractivity contribution < 1.29 is 40.2 Å². The molecule has 6 N–H and O–H groups in total. The van der Waals surface area contributed by atoms with E-state index in [2.05, 4.69) is 0 Å². The normalized spacial score (nSPS) is 9.93. The van der Waals surface area contributed by atoms with Crippen molar-refractivity contribution in [3.05, 3.63) is 0 Å². The van der Waals surface area contributed by atoms with Crippen LogP contribution in [0.15, 0.2) is 0 Å². The average Bonchev–Trinajstić information content (AvgIpc) is 2.19. The van der Waals surface area contributed by atoms with E-state index in [1.807, 2.05) is 0 Å². The van der Waals surface area contributed by atoms with Gasteiger partial charge in [-0.1, -0.05) is 0 Å². The van der Waals surface area contributed by atoms with Crippen molar-refractivity contribution in [2.24, 2.45) is 0 Å². The van der Waals surface area contributed by atoms with Crippen molar-refractivity contribution in [2.45, 2.75) is 13.0 Å². The van der Waals surface area contributed by atoms with Crippen molar-refractivity contribution in [3.8, 4) is 0 Å². The van der Waals surface area contributed by atoms with Gasteiger partial charge < -0.3 is 30.6 Å². The van der Waals surface area contributed by atoms with Gasteiger partial charge in [0.2, 0.25) is 0 Å². The Morgan fingerprint density at radius 3 is 1.27 bits per heavy atom. The van der Waals surface area contributed by atoms with Crippen molar-refractivity contribution in [1.29, 1.82) is 0 Å². The molecule has 1 unspecified atom stereocenters. The summed E-state index contributed by atoms with van der Waals surface area (Å²) in [5.74, 6) is -2.37. The Kier molecular flexibility index (Phi) is 19.7. The lowest BCUT2D eigenvalue weighted by Gasteiger charge is -1.89. The van der Waals surface area contributed by atoms with Crippen LogP contribution in [0.3, 0.4) is 0 Å². The summed E-state index contributed by atoms with van der Waals surface area (Å²) in [7, 11) is 0. The van der Waals surface area contributed by atoms with Gasteiger partial charge in [-0.05, 0) is 6.92 Å². The Morgan fingerprint density at radius 2 is 1.27 bits per heavy atom. The second kappa shape index (κ2) is 15.3. The average molecular weight is 228 g/mol. The number of carboxylic acid groups (broad SMARTS) is 2. The zero-order valence-electron chi connectivity index (χ0n) is 8.20. The van der Waals surface area contributed by atoms with Crippen LogP contribution in [0.4, 0.5) is 0 Å². The molecule has 0 heterocycles. The van der Waals surface area contributed by atoms with Crippen molar-refractivity contribution in [3.63, 3.8) is 0 Å². The molecule has 0 aliphatic carbocycles. The van der Waals surface area contributed by atoms with E-state index in [-0.39, 0.29) is 13.2 Å². The first kappa shape index (κ1) is 19.4. The summed E-state index contributed by atoms with van der Waals surface area (Å²) >= 11 is 0. The van der Waals surface area contributed by atoms with Crippen molar-refractivity contribution in [2.75, 3.05) is 19.8 Å². The smallest absolute Gasteiger partial charge is 0.332 e. The van der Waals surface area contributed by atoms with Gasteiger partial charge in [0.15, 0.2) is 0 Å². The van der Waals surface area contributed by atoms with Crippen LogP contribution in [0, 0.1) is 0 Å². The zero-order chi connectivity index (χ0) is 12.9. The monoisotopic (exact) mass is 228 g/mol. The molecule has 8 nitrogen and oxygen atoms in total. The fraction of sp³-hybridized carbons (Fsp3) is 0.714. The molecule has 0 fully saturated rings. The van der Waals surface area contributed by atoms with Gasteiger partial charge >= 0.3 is 11.9 Å². The number of aliphatic carboxylic acids is 2. The van der Waals surface area contributed by atoms with Gasteiger partial charge in [0, 0.05) is 0 Å². The molecule has 0 aliphatic heterocycles. The molecule has 0 aromatic carbocycles. The van der Waals surface area contributed by atoms with E-state index >= 15 is 0 Å². The zero-order valence-corrected chi connectivity index (χ0v) is 8.20. The molecule has 1 atom stereocenters. The van der Waals surface area contributed by atoms with E-state index in [1.54, 1.807) is 0 Å². The first-order valence-corrected chi connectivity index (χ1v) is 3.78. The predicted octanol–water partition coefficient (Wildman–Crippen LogP) is -2.51. The van der Waals surface area contributed by atoms with Gasteiger partial charge in [-0.3, -0.25) is 0 Å². The molecule has 0 amide bonds. The van der Waals surface area contributed by atoms with Crippen LogP contribution >= 0.6 is 0 Å². The van der Waals surface area contributed by atoms with E-state index < -0.39 is 24.6 Å². The van der Waals surface area contributed by atoms with E-state index in [0.29, 0.717) is 0 Å². The van der Waals surface area contributed by atoms with Crippen LogP contribution in [0.2, 0.25) is 0 Å². The van der Waals surface area contributed by atoms with Gasteiger partial charge in [0.1, 0.15) is 12.7 Å². The maximum atomic E-state index is 9.45. The first-order chi connectivity index (χ1) is 6.83. The number of aliphatic hydroxyl groups excluding tert-OH is 4. The number of hydrogen-bond donors (Lipinski definition) is 6. The fourth-order valence-corrected chi connectivity index (χ4v) is 0. The van der Waals surface area contributed by atoms with Crippen LogP contribution in [-0.2, 0) is 9.59 Å². The standard InChI is InChI=1S/C3H6O3.C2H4O3.C2H6O2/c1-2(4)3(5)6;3-1-2(4)5;3-1-2-4/h2,4H,1H3,(H,5,6);3H,1H2,(H,4,5);3-4H,1-2H2. The topological polar surface area (TPSA) is 156 Å². The van der Waals surface area contributed by atoms with Gasteiger partial charge in [-0.25, -0.2) is 9.59 Å². The second-order valence-corrected chi connectivity index (χ2v) is 2.01. The molecule has 0 radical (unpaired) electrons. The number of carbonyl (C=O) groups is 2. The summed E-state index contributed by atoms with van der Waals surface area (Å²) in [6.45, 7) is 0.169. The summed E-state index contributed by atoms with van der Waals surface area (Å²) in [5, 5.41) is 46.0. The lowest BCUT2D eigenvalue weighted by molar-refractivity contribution is -0.145. The Hall–Kier alpha value is -1.22. The molecule has 0 spiro atoms. The second-order valence-electron chi connectivity index (χ2n) is 2.01. The summed E-state index contributed by atoms with van der Waals surface area (Å²) in [5.41, 5.74) is 0. The molecule has 92 valence electrons. The summed E-state index contributed by atoms with van der Waals surface area (Å²) in [4.78, 5) is 18.6. The minimum Gasteiger partial charge on any atom is -0.480 e. The third-order valence-corrected chi connectivity index (χ3v) is 0.593. The SMILES string of the molecule is CC(O)C(=O)O.O=C(O)CO.OCCO. The maximum absolute atomic E-state index is 9.45. The van der Waals surface area contributed by atoms with E-state index in [4.69, 9.17) is 35.4 Å². The molecule has 0 rings (SSSR count). The van der Waals surface area contributed by atoms with Gasteiger partial charge in [0.25, 0.3) is 0 Å². The largest absolute Gasteiger partial charge is 0.480 e. The minimum atomic E-state index is -1.23. The Balaban J connectivity index is -0.000000147. The number of aliphatic hydroxyl groups is 4. The van der Waals surface area contributed by atoms with Crippen molar-refractivity contribution in [1.82, 2.24) is 0 Å². The lowest BCUT2D eigenvalue weighted by Crippen LogP contribution is -2.13. The molecule has 0 aliphatic rings. The van der Waals surface area contributed by atoms with E-state index in [0.717, 1.165) is 0 Å². The molecule has 0 saturated carbocycles. The van der Waals surface area contributed by atoms with Gasteiger partial charge in [-0.15, -0.1) is 0 Å². The van der Waals surface area contributed by atoms with Gasteiger partial charge in [0.05, 0.1) is 13.2 Å². The summed E-state index contributed by atoms with van der Waals surface area (Å²) in [6.07, 6.45) is -1.23. The highest BCUT2D eigenvalue weighted by Crippen LogP contribution is 1.73. The number of hydrogen-bond acceptors (Lipinski definition) is 6. The van der Waals surface area contributed by atoms with Crippen LogP contribution in [-0.4, -0.2) is 68.5 Å². The van der Waals surface area contributed by atoms with E-state index in [9.17, 15) is 4.79 Å². The van der Waals surface area contributed by atoms with Crippen LogP contribution in [0.5, 0.6) is 0 Å². The molecular formula is C7H16O8. The third-order valence-electron chi connectivity index (χ3n) is 0.593. The van der Waals surface area contributed by atoms with Gasteiger partial charge in [-0.2, -0.15) is 0 Å². The predicted molar refractivity (Wildman–Crippen MR) is 48.2 cm³/mol. The highest BCUT2D eigenvalue weighted by atomic mass is 16.4. The molecule has 15 heavy (non-hydrogen) atoms. The lowest BCUT2D eigenvalue weighted by atomic mass is 10.4. The minimum absolute atomic E-state index is 0.125. The quantitative estimate of drug-likeness (QED) is 0.309. The van der Waals surface area contributed by atoms with E-state index in [1.165, 1.54) is 6.92 Å². The van der Waals surface area contributed by atoms with Crippen LogP contribution in [0.25, 0.3) is 0 Å². The van der Waals surface area contributed by atoms with Crippen molar-refractivity contribution >= 4 is 11.9 Å². The Labute approximate surface area is 86.0 Å². The molecule has 0 saturated heterocycles. The summed E-state index contributed by atoms with van der Waals surface area (Å²) < 4.78 is 0. The maximum Gasteiger partial charge on any atom is 0.332 e. The Morgan fingerprint density at radius 1 is 1.07 bits per heavy atom. The molecule has 0 bridgehead atoms. The number of carboxylic acids is 2. The highest BCUT2D eigenvalue weighted by molar-refractivity contribution is 5.71. The number of rotatable bonds is 3. The Bertz CT molecular complexity index is 153. The third kappa shape index (κ3) is 44.5. The molecule has 8 heteroatoms. The highest BCUT2D eigenvalue weighted by Gasteiger charge is 2.01. The molecule has 0 aromatic rings. The van der Waals surface area contributed by atoms with Crippen LogP contribution < -0.4 is 0 Å².